The first kappa shape index (κ1) is 11.2. The van der Waals surface area contributed by atoms with E-state index in [-0.39, 0.29) is 18.0 Å². The van der Waals surface area contributed by atoms with Crippen LogP contribution in [-0.2, 0) is 4.79 Å². The Morgan fingerprint density at radius 1 is 1.40 bits per heavy atom. The Morgan fingerprint density at radius 3 is 2.73 bits per heavy atom. The number of anilines is 1. The number of rotatable bonds is 4. The quantitative estimate of drug-likeness (QED) is 0.675. The van der Waals surface area contributed by atoms with E-state index < -0.39 is 5.97 Å². The average molecular weight is 208 g/mol. The van der Waals surface area contributed by atoms with E-state index in [0.717, 1.165) is 0 Å². The molecule has 0 aliphatic heterocycles. The predicted octanol–water partition coefficient (Wildman–Crippen LogP) is 0.543. The molecule has 0 aliphatic rings. The molecule has 0 unspecified atom stereocenters. The van der Waals surface area contributed by atoms with Crippen molar-refractivity contribution in [3.63, 3.8) is 0 Å². The number of carboxylic acid groups (broad SMARTS) is 1. The minimum atomic E-state index is -1.01. The van der Waals surface area contributed by atoms with Gasteiger partial charge in [-0.1, -0.05) is 6.07 Å². The highest BCUT2D eigenvalue weighted by atomic mass is 16.4. The molecular formula is C10H12N2O3. The SMILES string of the molecule is CNCC(=O)Nc1cccc(C(=O)O)c1. The molecule has 3 N–H and O–H groups in total. The number of carbonyl (C=O) groups is 2. The Labute approximate surface area is 87.1 Å². The van der Waals surface area contributed by atoms with E-state index in [1.807, 2.05) is 0 Å². The largest absolute Gasteiger partial charge is 0.478 e. The summed E-state index contributed by atoms with van der Waals surface area (Å²) in [6.07, 6.45) is 0. The van der Waals surface area contributed by atoms with E-state index >= 15 is 0 Å². The summed E-state index contributed by atoms with van der Waals surface area (Å²) in [7, 11) is 1.66. The van der Waals surface area contributed by atoms with Crippen LogP contribution in [0.5, 0.6) is 0 Å². The number of hydrogen-bond donors (Lipinski definition) is 3. The lowest BCUT2D eigenvalue weighted by atomic mass is 10.2. The monoisotopic (exact) mass is 208 g/mol. The topological polar surface area (TPSA) is 78.4 Å². The molecule has 5 heteroatoms. The second-order valence-electron chi connectivity index (χ2n) is 2.96. The van der Waals surface area contributed by atoms with Gasteiger partial charge in [0.05, 0.1) is 12.1 Å². The number of hydrogen-bond acceptors (Lipinski definition) is 3. The van der Waals surface area contributed by atoms with Crippen LogP contribution in [0, 0.1) is 0 Å². The summed E-state index contributed by atoms with van der Waals surface area (Å²) in [4.78, 5) is 21.8. The van der Waals surface area contributed by atoms with Crippen molar-refractivity contribution in [2.24, 2.45) is 0 Å². The molecule has 1 aromatic rings. The minimum Gasteiger partial charge on any atom is -0.478 e. The first-order valence-electron chi connectivity index (χ1n) is 4.41. The molecule has 1 amide bonds. The summed E-state index contributed by atoms with van der Waals surface area (Å²) in [5.74, 6) is -1.22. The zero-order chi connectivity index (χ0) is 11.3. The van der Waals surface area contributed by atoms with Crippen molar-refractivity contribution < 1.29 is 14.7 Å². The van der Waals surface area contributed by atoms with E-state index in [0.29, 0.717) is 5.69 Å². The fourth-order valence-electron chi connectivity index (χ4n) is 1.10. The van der Waals surface area contributed by atoms with Crippen molar-refractivity contribution >= 4 is 17.6 Å². The highest BCUT2D eigenvalue weighted by molar-refractivity contribution is 5.94. The van der Waals surface area contributed by atoms with Crippen LogP contribution in [0.15, 0.2) is 24.3 Å². The summed E-state index contributed by atoms with van der Waals surface area (Å²) in [6, 6.07) is 6.10. The first-order chi connectivity index (χ1) is 7.13. The van der Waals surface area contributed by atoms with Gasteiger partial charge < -0.3 is 15.7 Å². The summed E-state index contributed by atoms with van der Waals surface area (Å²) in [5, 5.41) is 14.0. The maximum atomic E-state index is 11.2. The summed E-state index contributed by atoms with van der Waals surface area (Å²) in [6.45, 7) is 0.192. The Hall–Kier alpha value is -1.88. The minimum absolute atomic E-state index is 0.150. The van der Waals surface area contributed by atoms with Crippen molar-refractivity contribution in [3.05, 3.63) is 29.8 Å². The van der Waals surface area contributed by atoms with Crippen LogP contribution in [0.25, 0.3) is 0 Å². The second kappa shape index (κ2) is 5.11. The van der Waals surface area contributed by atoms with Gasteiger partial charge in [-0.2, -0.15) is 0 Å². The lowest BCUT2D eigenvalue weighted by Crippen LogP contribution is -2.25. The van der Waals surface area contributed by atoms with Crippen LogP contribution in [0.2, 0.25) is 0 Å². The normalized spacial score (nSPS) is 9.67. The van der Waals surface area contributed by atoms with Gasteiger partial charge in [-0.25, -0.2) is 4.79 Å². The van der Waals surface area contributed by atoms with E-state index in [4.69, 9.17) is 5.11 Å². The van der Waals surface area contributed by atoms with E-state index in [2.05, 4.69) is 10.6 Å². The molecule has 1 rings (SSSR count). The highest BCUT2D eigenvalue weighted by Crippen LogP contribution is 2.10. The summed E-state index contributed by atoms with van der Waals surface area (Å²) >= 11 is 0. The number of amides is 1. The molecule has 0 saturated heterocycles. The molecule has 0 saturated carbocycles. The molecule has 80 valence electrons. The van der Waals surface area contributed by atoms with Gasteiger partial charge in [0.2, 0.25) is 5.91 Å². The molecule has 0 atom stereocenters. The number of carboxylic acids is 1. The van der Waals surface area contributed by atoms with Gasteiger partial charge in [-0.05, 0) is 25.2 Å². The third-order valence-electron chi connectivity index (χ3n) is 1.73. The van der Waals surface area contributed by atoms with Crippen molar-refractivity contribution in [2.75, 3.05) is 18.9 Å². The second-order valence-corrected chi connectivity index (χ2v) is 2.96. The van der Waals surface area contributed by atoms with Gasteiger partial charge in [0.1, 0.15) is 0 Å². The number of carbonyl (C=O) groups excluding carboxylic acids is 1. The van der Waals surface area contributed by atoms with Crippen LogP contribution in [0.3, 0.4) is 0 Å². The molecule has 0 aliphatic carbocycles. The number of benzene rings is 1. The standard InChI is InChI=1S/C10H12N2O3/c1-11-6-9(13)12-8-4-2-3-7(5-8)10(14)15/h2-5,11H,6H2,1H3,(H,12,13)(H,14,15). The first-order valence-corrected chi connectivity index (χ1v) is 4.41. The van der Waals surface area contributed by atoms with Crippen LogP contribution in [-0.4, -0.2) is 30.6 Å². The Kier molecular flexibility index (Phi) is 3.82. The summed E-state index contributed by atoms with van der Waals surface area (Å²) < 4.78 is 0. The van der Waals surface area contributed by atoms with Gasteiger partial charge in [-0.3, -0.25) is 4.79 Å². The van der Waals surface area contributed by atoms with Crippen LogP contribution in [0.4, 0.5) is 5.69 Å². The van der Waals surface area contributed by atoms with Gasteiger partial charge in [0, 0.05) is 5.69 Å². The third kappa shape index (κ3) is 3.40. The molecule has 5 nitrogen and oxygen atoms in total. The maximum Gasteiger partial charge on any atom is 0.335 e. The fourth-order valence-corrected chi connectivity index (χ4v) is 1.10. The zero-order valence-electron chi connectivity index (χ0n) is 8.28. The zero-order valence-corrected chi connectivity index (χ0v) is 8.28. The van der Waals surface area contributed by atoms with Crippen LogP contribution < -0.4 is 10.6 Å². The van der Waals surface area contributed by atoms with Crippen molar-refractivity contribution in [1.29, 1.82) is 0 Å². The van der Waals surface area contributed by atoms with Crippen LogP contribution >= 0.6 is 0 Å². The smallest absolute Gasteiger partial charge is 0.335 e. The van der Waals surface area contributed by atoms with Gasteiger partial charge >= 0.3 is 5.97 Å². The van der Waals surface area contributed by atoms with Crippen LogP contribution in [0.1, 0.15) is 10.4 Å². The van der Waals surface area contributed by atoms with Crippen molar-refractivity contribution in [3.8, 4) is 0 Å². The van der Waals surface area contributed by atoms with E-state index in [1.54, 1.807) is 19.2 Å². The third-order valence-corrected chi connectivity index (χ3v) is 1.73. The highest BCUT2D eigenvalue weighted by Gasteiger charge is 2.05. The molecule has 15 heavy (non-hydrogen) atoms. The Bertz CT molecular complexity index is 377. The maximum absolute atomic E-state index is 11.2. The molecule has 0 aromatic heterocycles. The predicted molar refractivity (Wildman–Crippen MR) is 56.0 cm³/mol. The fraction of sp³-hybridized carbons (Fsp3) is 0.200. The molecule has 0 fully saturated rings. The number of aromatic carboxylic acids is 1. The van der Waals surface area contributed by atoms with E-state index in [1.165, 1.54) is 12.1 Å². The Morgan fingerprint density at radius 2 is 2.13 bits per heavy atom. The molecule has 0 spiro atoms. The average Bonchev–Trinajstić information content (AvgIpc) is 2.18. The number of nitrogens with one attached hydrogen (secondary N) is 2. The molecule has 0 heterocycles. The van der Waals surface area contributed by atoms with Gasteiger partial charge in [0.15, 0.2) is 0 Å². The Balaban J connectivity index is 2.73. The summed E-state index contributed by atoms with van der Waals surface area (Å²) in [5.41, 5.74) is 0.632. The van der Waals surface area contributed by atoms with Crippen molar-refractivity contribution in [2.45, 2.75) is 0 Å². The molecule has 1 aromatic carbocycles. The van der Waals surface area contributed by atoms with Gasteiger partial charge in [0.25, 0.3) is 0 Å². The lowest BCUT2D eigenvalue weighted by molar-refractivity contribution is -0.115. The molecule has 0 bridgehead atoms. The number of likely N-dealkylation sites (N-methyl/N-ethyl adjacent to an activating group) is 1. The molecular weight excluding hydrogens is 196 g/mol. The van der Waals surface area contributed by atoms with Gasteiger partial charge in [-0.15, -0.1) is 0 Å². The lowest BCUT2D eigenvalue weighted by Gasteiger charge is -2.05. The van der Waals surface area contributed by atoms with Crippen molar-refractivity contribution in [1.82, 2.24) is 5.32 Å². The molecule has 0 radical (unpaired) electrons. The van der Waals surface area contributed by atoms with E-state index in [9.17, 15) is 9.59 Å².